The zero-order chi connectivity index (χ0) is 10.1. The summed E-state index contributed by atoms with van der Waals surface area (Å²) in [5.74, 6) is 0. The third kappa shape index (κ3) is 1.53. The molecule has 0 spiro atoms. The van der Waals surface area contributed by atoms with Gasteiger partial charge in [0.25, 0.3) is 0 Å². The lowest BCUT2D eigenvalue weighted by molar-refractivity contribution is 0.0707. The highest BCUT2D eigenvalue weighted by atomic mass is 16.5. The molecular weight excluding hydrogens is 188 g/mol. The van der Waals surface area contributed by atoms with Gasteiger partial charge in [-0.25, -0.2) is 0 Å². The zero-order valence-electron chi connectivity index (χ0n) is 8.60. The number of nitrogens with zero attached hydrogens (tertiary/aromatic N) is 2. The Morgan fingerprint density at radius 3 is 3.00 bits per heavy atom. The Labute approximate surface area is 88.7 Å². The van der Waals surface area contributed by atoms with Crippen molar-refractivity contribution in [3.8, 4) is 0 Å². The molecule has 2 aromatic rings. The fourth-order valence-corrected chi connectivity index (χ4v) is 2.28. The molecule has 1 aliphatic rings. The molecule has 0 unspecified atom stereocenters. The van der Waals surface area contributed by atoms with Crippen molar-refractivity contribution in [2.75, 3.05) is 13.2 Å². The van der Waals surface area contributed by atoms with Crippen LogP contribution < -0.4 is 0 Å². The summed E-state index contributed by atoms with van der Waals surface area (Å²) in [6.45, 7) is 1.76. The van der Waals surface area contributed by atoms with Crippen molar-refractivity contribution in [2.24, 2.45) is 0 Å². The molecule has 0 amide bonds. The molecule has 0 N–H and O–H groups in total. The van der Waals surface area contributed by atoms with Crippen LogP contribution in [0.1, 0.15) is 18.9 Å². The van der Waals surface area contributed by atoms with Crippen molar-refractivity contribution in [3.63, 3.8) is 0 Å². The minimum atomic E-state index is 0.584. The number of pyridine rings is 1. The van der Waals surface area contributed by atoms with Crippen molar-refractivity contribution in [3.05, 3.63) is 30.7 Å². The summed E-state index contributed by atoms with van der Waals surface area (Å²) in [6, 6.07) is 4.80. The minimum absolute atomic E-state index is 0.584. The van der Waals surface area contributed by atoms with Gasteiger partial charge in [-0.1, -0.05) is 0 Å². The third-order valence-corrected chi connectivity index (χ3v) is 3.11. The quantitative estimate of drug-likeness (QED) is 0.710. The molecule has 0 radical (unpaired) electrons. The van der Waals surface area contributed by atoms with Crippen LogP contribution in [0.15, 0.2) is 30.7 Å². The Hall–Kier alpha value is -1.35. The van der Waals surface area contributed by atoms with Crippen LogP contribution in [0.3, 0.4) is 0 Å². The highest BCUT2D eigenvalue weighted by molar-refractivity contribution is 5.79. The summed E-state index contributed by atoms with van der Waals surface area (Å²) in [7, 11) is 0. The molecule has 15 heavy (non-hydrogen) atoms. The number of hydrogen-bond donors (Lipinski definition) is 0. The maximum atomic E-state index is 5.38. The maximum absolute atomic E-state index is 5.38. The van der Waals surface area contributed by atoms with Crippen molar-refractivity contribution in [1.82, 2.24) is 9.55 Å². The molecule has 3 heteroatoms. The van der Waals surface area contributed by atoms with E-state index in [1.54, 1.807) is 0 Å². The number of fused-ring (bicyclic) bond motifs is 1. The zero-order valence-corrected chi connectivity index (χ0v) is 8.60. The lowest BCUT2D eigenvalue weighted by Gasteiger charge is -2.24. The lowest BCUT2D eigenvalue weighted by atomic mass is 10.1. The molecule has 0 saturated carbocycles. The molecule has 1 aliphatic heterocycles. The van der Waals surface area contributed by atoms with Crippen LogP contribution in [0.4, 0.5) is 0 Å². The topological polar surface area (TPSA) is 27.1 Å². The molecule has 3 heterocycles. The minimum Gasteiger partial charge on any atom is -0.381 e. The van der Waals surface area contributed by atoms with Gasteiger partial charge in [0, 0.05) is 37.0 Å². The van der Waals surface area contributed by atoms with Gasteiger partial charge in [-0.3, -0.25) is 4.98 Å². The summed E-state index contributed by atoms with van der Waals surface area (Å²) < 4.78 is 7.72. The van der Waals surface area contributed by atoms with Crippen LogP contribution in [-0.2, 0) is 4.74 Å². The number of hydrogen-bond acceptors (Lipinski definition) is 2. The lowest BCUT2D eigenvalue weighted by Crippen LogP contribution is -2.18. The van der Waals surface area contributed by atoms with Gasteiger partial charge in [0.05, 0.1) is 11.7 Å². The molecule has 3 nitrogen and oxygen atoms in total. The van der Waals surface area contributed by atoms with Gasteiger partial charge in [0.1, 0.15) is 0 Å². The molecule has 3 rings (SSSR count). The van der Waals surface area contributed by atoms with Crippen molar-refractivity contribution < 1.29 is 4.74 Å². The molecule has 2 aromatic heterocycles. The third-order valence-electron chi connectivity index (χ3n) is 3.11. The van der Waals surface area contributed by atoms with E-state index in [0.717, 1.165) is 26.1 Å². The monoisotopic (exact) mass is 202 g/mol. The van der Waals surface area contributed by atoms with Gasteiger partial charge in [0.15, 0.2) is 0 Å². The van der Waals surface area contributed by atoms with E-state index in [2.05, 4.69) is 27.9 Å². The molecular formula is C12H14N2O. The van der Waals surface area contributed by atoms with Crippen molar-refractivity contribution in [1.29, 1.82) is 0 Å². The molecule has 0 aliphatic carbocycles. The highest BCUT2D eigenvalue weighted by Gasteiger charge is 2.16. The van der Waals surface area contributed by atoms with E-state index < -0.39 is 0 Å². The Morgan fingerprint density at radius 2 is 2.13 bits per heavy atom. The molecule has 0 aromatic carbocycles. The second kappa shape index (κ2) is 3.66. The first-order chi connectivity index (χ1) is 7.45. The van der Waals surface area contributed by atoms with Crippen LogP contribution in [-0.4, -0.2) is 22.8 Å². The maximum Gasteiger partial charge on any atom is 0.0669 e. The number of aromatic nitrogens is 2. The summed E-state index contributed by atoms with van der Waals surface area (Å²) in [4.78, 5) is 4.19. The van der Waals surface area contributed by atoms with E-state index in [4.69, 9.17) is 4.74 Å². The number of rotatable bonds is 1. The van der Waals surface area contributed by atoms with Crippen LogP contribution in [0.25, 0.3) is 10.9 Å². The summed E-state index contributed by atoms with van der Waals surface area (Å²) in [5.41, 5.74) is 1.24. The van der Waals surface area contributed by atoms with Crippen LogP contribution in [0, 0.1) is 0 Å². The SMILES string of the molecule is c1cc2ccn(C3CCOCC3)c2cn1. The smallest absolute Gasteiger partial charge is 0.0669 e. The van der Waals surface area contributed by atoms with Crippen molar-refractivity contribution >= 4 is 10.9 Å². The van der Waals surface area contributed by atoms with Gasteiger partial charge in [0.2, 0.25) is 0 Å². The molecule has 0 atom stereocenters. The van der Waals surface area contributed by atoms with Crippen LogP contribution >= 0.6 is 0 Å². The predicted molar refractivity (Wildman–Crippen MR) is 58.8 cm³/mol. The molecule has 1 saturated heterocycles. The van der Waals surface area contributed by atoms with Crippen LogP contribution in [0.5, 0.6) is 0 Å². The van der Waals surface area contributed by atoms with Gasteiger partial charge < -0.3 is 9.30 Å². The van der Waals surface area contributed by atoms with E-state index in [0.29, 0.717) is 6.04 Å². The number of ether oxygens (including phenoxy) is 1. The van der Waals surface area contributed by atoms with Gasteiger partial charge in [-0.2, -0.15) is 0 Å². The Balaban J connectivity index is 2.02. The van der Waals surface area contributed by atoms with E-state index in [9.17, 15) is 0 Å². The second-order valence-electron chi connectivity index (χ2n) is 4.00. The first-order valence-electron chi connectivity index (χ1n) is 5.43. The Kier molecular flexibility index (Phi) is 2.18. The van der Waals surface area contributed by atoms with E-state index >= 15 is 0 Å². The summed E-state index contributed by atoms with van der Waals surface area (Å²) in [6.07, 6.45) is 8.18. The van der Waals surface area contributed by atoms with Crippen LogP contribution in [0.2, 0.25) is 0 Å². The average Bonchev–Trinajstić information content (AvgIpc) is 2.74. The van der Waals surface area contributed by atoms with Gasteiger partial charge >= 0.3 is 0 Å². The Morgan fingerprint density at radius 1 is 1.27 bits per heavy atom. The largest absolute Gasteiger partial charge is 0.381 e. The van der Waals surface area contributed by atoms with E-state index in [-0.39, 0.29) is 0 Å². The highest BCUT2D eigenvalue weighted by Crippen LogP contribution is 2.25. The second-order valence-corrected chi connectivity index (χ2v) is 4.00. The fourth-order valence-electron chi connectivity index (χ4n) is 2.28. The Bertz CT molecular complexity index is 457. The normalized spacial score (nSPS) is 18.4. The summed E-state index contributed by atoms with van der Waals surface area (Å²) in [5, 5.41) is 1.27. The molecule has 1 fully saturated rings. The molecule has 0 bridgehead atoms. The van der Waals surface area contributed by atoms with Crippen molar-refractivity contribution in [2.45, 2.75) is 18.9 Å². The standard InChI is InChI=1S/C12H14N2O/c1-5-13-9-12-10(1)2-6-14(12)11-3-7-15-8-4-11/h1-2,5-6,9,11H,3-4,7-8H2. The average molecular weight is 202 g/mol. The van der Waals surface area contributed by atoms with E-state index in [1.165, 1.54) is 10.9 Å². The predicted octanol–water partition coefficient (Wildman–Crippen LogP) is 2.39. The first-order valence-corrected chi connectivity index (χ1v) is 5.43. The van der Waals surface area contributed by atoms with Gasteiger partial charge in [-0.15, -0.1) is 0 Å². The first kappa shape index (κ1) is 8.92. The fraction of sp³-hybridized carbons (Fsp3) is 0.417. The summed E-state index contributed by atoms with van der Waals surface area (Å²) >= 11 is 0. The van der Waals surface area contributed by atoms with Gasteiger partial charge in [-0.05, 0) is 25.0 Å². The van der Waals surface area contributed by atoms with E-state index in [1.807, 2.05) is 12.4 Å². The molecule has 78 valence electrons.